The molecule has 0 amide bonds. The molecular formula is C61H39N7. The van der Waals surface area contributed by atoms with Crippen LogP contribution >= 0.6 is 0 Å². The second-order valence-corrected chi connectivity index (χ2v) is 17.9. The van der Waals surface area contributed by atoms with Crippen molar-refractivity contribution >= 4 is 87.2 Å². The predicted molar refractivity (Wildman–Crippen MR) is 279 cm³/mol. The summed E-state index contributed by atoms with van der Waals surface area (Å²) in [5.41, 5.74) is 14.4. The molecule has 15 rings (SSSR count). The Balaban J connectivity index is 1.12. The summed E-state index contributed by atoms with van der Waals surface area (Å²) in [6.07, 6.45) is 6.32. The lowest BCUT2D eigenvalue weighted by atomic mass is 9.95. The maximum atomic E-state index is 5.73. The molecular weight excluding hydrogens is 831 g/mol. The van der Waals surface area contributed by atoms with E-state index < -0.39 is 0 Å². The number of hydrogen-bond donors (Lipinski definition) is 0. The molecule has 1 aliphatic rings. The summed E-state index contributed by atoms with van der Waals surface area (Å²) in [6.45, 7) is 0. The zero-order valence-electron chi connectivity index (χ0n) is 36.8. The van der Waals surface area contributed by atoms with E-state index in [-0.39, 0.29) is 0 Å². The molecule has 0 bridgehead atoms. The molecule has 7 nitrogen and oxygen atoms in total. The molecule has 5 aromatic heterocycles. The van der Waals surface area contributed by atoms with E-state index in [0.29, 0.717) is 17.7 Å². The zero-order chi connectivity index (χ0) is 44.5. The van der Waals surface area contributed by atoms with E-state index in [1.54, 1.807) is 0 Å². The molecule has 9 aromatic carbocycles. The third-order valence-electron chi connectivity index (χ3n) is 14.3. The lowest BCUT2D eigenvalue weighted by molar-refractivity contribution is 0.892. The van der Waals surface area contributed by atoms with Crippen LogP contribution in [0, 0.1) is 0 Å². The highest BCUT2D eigenvalue weighted by Crippen LogP contribution is 2.44. The molecule has 0 saturated carbocycles. The molecule has 1 aliphatic carbocycles. The minimum atomic E-state index is 0.549. The first-order chi connectivity index (χ1) is 33.8. The normalized spacial score (nSPS) is 12.8. The van der Waals surface area contributed by atoms with Crippen LogP contribution < -0.4 is 0 Å². The van der Waals surface area contributed by atoms with E-state index in [1.165, 1.54) is 21.9 Å². The molecule has 0 N–H and O–H groups in total. The zero-order valence-corrected chi connectivity index (χ0v) is 36.8. The van der Waals surface area contributed by atoms with Crippen molar-refractivity contribution in [1.29, 1.82) is 0 Å². The summed E-state index contributed by atoms with van der Waals surface area (Å²) in [6, 6.07) is 72.1. The average molecular weight is 870 g/mol. The Hall–Kier alpha value is -9.07. The highest BCUT2D eigenvalue weighted by molar-refractivity contribution is 6.25. The molecule has 0 aliphatic heterocycles. The van der Waals surface area contributed by atoms with Crippen LogP contribution in [0.3, 0.4) is 0 Å². The van der Waals surface area contributed by atoms with E-state index in [2.05, 4.69) is 231 Å². The SMILES string of the molecule is C1=CCc2cc(-c3nc(-n4c5ccccc5c5ccc6c7ccccc7n(-c7ccccc7)c6c54)nc(-n4c5ccccc5c5ccc6c7ccccc7n(-c7ccccc7)c6c54)n3)ccc2C1. The summed E-state index contributed by atoms with van der Waals surface area (Å²) < 4.78 is 9.42. The van der Waals surface area contributed by atoms with Gasteiger partial charge in [-0.25, -0.2) is 0 Å². The summed E-state index contributed by atoms with van der Waals surface area (Å²) in [7, 11) is 0. The molecule has 0 radical (unpaired) electrons. The first kappa shape index (κ1) is 37.2. The molecule has 7 heteroatoms. The largest absolute Gasteiger partial charge is 0.307 e. The summed E-state index contributed by atoms with van der Waals surface area (Å²) in [5, 5.41) is 9.22. The molecule has 0 unspecified atom stereocenters. The van der Waals surface area contributed by atoms with Crippen molar-refractivity contribution in [1.82, 2.24) is 33.2 Å². The summed E-state index contributed by atoms with van der Waals surface area (Å²) in [5.74, 6) is 1.71. The number of allylic oxidation sites excluding steroid dienone is 2. The van der Waals surface area contributed by atoms with Gasteiger partial charge in [0.15, 0.2) is 5.82 Å². The Morgan fingerprint density at radius 2 is 0.662 bits per heavy atom. The van der Waals surface area contributed by atoms with E-state index in [9.17, 15) is 0 Å². The van der Waals surface area contributed by atoms with Crippen LogP contribution in [0.2, 0.25) is 0 Å². The first-order valence-corrected chi connectivity index (χ1v) is 23.3. The second-order valence-electron chi connectivity index (χ2n) is 17.9. The van der Waals surface area contributed by atoms with Crippen molar-refractivity contribution in [3.05, 3.63) is 223 Å². The Bertz CT molecular complexity index is 4180. The van der Waals surface area contributed by atoms with Crippen molar-refractivity contribution in [2.24, 2.45) is 0 Å². The maximum absolute atomic E-state index is 5.73. The number of para-hydroxylation sites is 6. The van der Waals surface area contributed by atoms with Gasteiger partial charge in [-0.2, -0.15) is 15.0 Å². The van der Waals surface area contributed by atoms with E-state index >= 15 is 0 Å². The van der Waals surface area contributed by atoms with Crippen molar-refractivity contribution in [3.8, 4) is 34.7 Å². The highest BCUT2D eigenvalue weighted by Gasteiger charge is 2.27. The summed E-state index contributed by atoms with van der Waals surface area (Å²) >= 11 is 0. The molecule has 14 aromatic rings. The van der Waals surface area contributed by atoms with Gasteiger partial charge in [-0.1, -0.05) is 158 Å². The van der Waals surface area contributed by atoms with Crippen LogP contribution in [0.25, 0.3) is 122 Å². The molecule has 0 spiro atoms. The molecule has 0 fully saturated rings. The number of aromatic nitrogens is 7. The van der Waals surface area contributed by atoms with Crippen molar-refractivity contribution in [2.75, 3.05) is 0 Å². The Morgan fingerprint density at radius 1 is 0.294 bits per heavy atom. The minimum Gasteiger partial charge on any atom is -0.307 e. The maximum Gasteiger partial charge on any atom is 0.240 e. The number of nitrogens with zero attached hydrogens (tertiary/aromatic N) is 7. The predicted octanol–water partition coefficient (Wildman–Crippen LogP) is 14.6. The van der Waals surface area contributed by atoms with Crippen LogP contribution in [0.4, 0.5) is 0 Å². The van der Waals surface area contributed by atoms with Gasteiger partial charge in [0.1, 0.15) is 0 Å². The monoisotopic (exact) mass is 869 g/mol. The Kier molecular flexibility index (Phi) is 7.77. The van der Waals surface area contributed by atoms with Crippen molar-refractivity contribution in [2.45, 2.75) is 12.8 Å². The van der Waals surface area contributed by atoms with Crippen molar-refractivity contribution in [3.63, 3.8) is 0 Å². The highest BCUT2D eigenvalue weighted by atomic mass is 15.3. The van der Waals surface area contributed by atoms with Gasteiger partial charge < -0.3 is 9.13 Å². The third kappa shape index (κ3) is 5.21. The third-order valence-corrected chi connectivity index (χ3v) is 14.3. The lowest BCUT2D eigenvalue weighted by Gasteiger charge is -2.16. The van der Waals surface area contributed by atoms with Gasteiger partial charge in [0.05, 0.1) is 44.1 Å². The van der Waals surface area contributed by atoms with Crippen LogP contribution in [0.15, 0.2) is 212 Å². The van der Waals surface area contributed by atoms with Gasteiger partial charge in [0.25, 0.3) is 0 Å². The van der Waals surface area contributed by atoms with Gasteiger partial charge in [0.2, 0.25) is 11.9 Å². The van der Waals surface area contributed by atoms with Gasteiger partial charge in [0, 0.05) is 60.0 Å². The fourth-order valence-electron chi connectivity index (χ4n) is 11.4. The van der Waals surface area contributed by atoms with Crippen molar-refractivity contribution < 1.29 is 0 Å². The minimum absolute atomic E-state index is 0.549. The van der Waals surface area contributed by atoms with E-state index in [0.717, 1.165) is 106 Å². The molecule has 0 atom stereocenters. The summed E-state index contributed by atoms with van der Waals surface area (Å²) in [4.78, 5) is 16.9. The van der Waals surface area contributed by atoms with Gasteiger partial charge in [-0.05, 0) is 78.6 Å². The Morgan fingerprint density at radius 3 is 1.10 bits per heavy atom. The van der Waals surface area contributed by atoms with E-state index in [1.807, 2.05) is 0 Å². The smallest absolute Gasteiger partial charge is 0.240 e. The van der Waals surface area contributed by atoms with Gasteiger partial charge in [-0.15, -0.1) is 0 Å². The molecule has 68 heavy (non-hydrogen) atoms. The fourth-order valence-corrected chi connectivity index (χ4v) is 11.4. The molecule has 318 valence electrons. The fraction of sp³-hybridized carbons (Fsp3) is 0.0328. The molecule has 5 heterocycles. The number of benzene rings is 9. The first-order valence-electron chi connectivity index (χ1n) is 23.3. The molecule has 0 saturated heterocycles. The number of hydrogen-bond acceptors (Lipinski definition) is 3. The van der Waals surface area contributed by atoms with Crippen LogP contribution in [0.1, 0.15) is 11.1 Å². The Labute approximate surface area is 389 Å². The van der Waals surface area contributed by atoms with E-state index in [4.69, 9.17) is 15.0 Å². The standard InChI is InChI=1S/C61H39N7/c1-3-19-41(20-4-1)65-51-27-13-9-23-43(51)47-33-35-49-45-25-11-15-29-53(45)67(57(49)55(47)65)60-62-59(40-32-31-38-17-7-8-18-39(38)37-40)63-61(64-60)68-54-30-16-12-26-46(54)50-36-34-48-44-24-10-14-28-52(44)66(56(48)58(50)68)42-21-5-2-6-22-42/h1-16,19-37H,17-18H2. The van der Waals surface area contributed by atoms with Crippen LogP contribution in [-0.4, -0.2) is 33.2 Å². The van der Waals surface area contributed by atoms with Gasteiger partial charge in [-0.3, -0.25) is 9.13 Å². The van der Waals surface area contributed by atoms with Crippen LogP contribution in [-0.2, 0) is 12.8 Å². The number of fused-ring (bicyclic) bond motifs is 15. The topological polar surface area (TPSA) is 58.4 Å². The van der Waals surface area contributed by atoms with Gasteiger partial charge >= 0.3 is 0 Å². The lowest BCUT2D eigenvalue weighted by Crippen LogP contribution is -2.11. The second kappa shape index (κ2) is 14.2. The quantitative estimate of drug-likeness (QED) is 0.162. The average Bonchev–Trinajstić information content (AvgIpc) is 4.14. The number of rotatable bonds is 5. The van der Waals surface area contributed by atoms with Crippen LogP contribution in [0.5, 0.6) is 0 Å².